The van der Waals surface area contributed by atoms with Gasteiger partial charge in [0.2, 0.25) is 0 Å². The van der Waals surface area contributed by atoms with Crippen molar-refractivity contribution in [3.05, 3.63) is 0 Å². The zero-order chi connectivity index (χ0) is 17.9. The summed E-state index contributed by atoms with van der Waals surface area (Å²) in [4.78, 5) is 5.02. The van der Waals surface area contributed by atoms with Crippen LogP contribution in [-0.4, -0.2) is 50.1 Å². The molecule has 0 radical (unpaired) electrons. The molecule has 0 bridgehead atoms. The molecule has 0 spiro atoms. The van der Waals surface area contributed by atoms with Gasteiger partial charge in [0.15, 0.2) is 0 Å². The van der Waals surface area contributed by atoms with E-state index in [4.69, 9.17) is 0 Å². The van der Waals surface area contributed by atoms with E-state index in [0.29, 0.717) is 10.8 Å². The molecule has 23 heavy (non-hydrogen) atoms. The Morgan fingerprint density at radius 1 is 0.478 bits per heavy atom. The van der Waals surface area contributed by atoms with Gasteiger partial charge in [0.1, 0.15) is 0 Å². The Morgan fingerprint density at radius 2 is 0.783 bits per heavy atom. The normalized spacial score (nSPS) is 13.3. The predicted octanol–water partition coefficient (Wildman–Crippen LogP) is 5.67. The van der Waals surface area contributed by atoms with Crippen LogP contribution >= 0.6 is 0 Å². The summed E-state index contributed by atoms with van der Waals surface area (Å²) in [5.74, 6) is 0. The lowest BCUT2D eigenvalue weighted by molar-refractivity contribution is 0.262. The topological polar surface area (TPSA) is 6.48 Å². The SMILES string of the molecule is CN(CCCCC(C)(C)C)CCCN(C)CCCCC(C)(C)C. The van der Waals surface area contributed by atoms with Crippen molar-refractivity contribution in [2.45, 2.75) is 86.5 Å². The van der Waals surface area contributed by atoms with Crippen LogP contribution in [0.5, 0.6) is 0 Å². The van der Waals surface area contributed by atoms with E-state index in [0.717, 1.165) is 0 Å². The summed E-state index contributed by atoms with van der Waals surface area (Å²) in [6, 6.07) is 0. The molecule has 0 N–H and O–H groups in total. The second kappa shape index (κ2) is 11.5. The molecule has 0 aromatic heterocycles. The van der Waals surface area contributed by atoms with Crippen LogP contribution in [0.4, 0.5) is 0 Å². The molecule has 0 heterocycles. The van der Waals surface area contributed by atoms with E-state index in [1.54, 1.807) is 0 Å². The monoisotopic (exact) mass is 326 g/mol. The van der Waals surface area contributed by atoms with Crippen LogP contribution in [0.15, 0.2) is 0 Å². The highest BCUT2D eigenvalue weighted by atomic mass is 15.1. The number of unbranched alkanes of at least 4 members (excludes halogenated alkanes) is 2. The fourth-order valence-corrected chi connectivity index (χ4v) is 2.91. The Kier molecular flexibility index (Phi) is 11.4. The molecule has 0 saturated heterocycles. The highest BCUT2D eigenvalue weighted by Gasteiger charge is 2.10. The van der Waals surface area contributed by atoms with Gasteiger partial charge < -0.3 is 9.80 Å². The van der Waals surface area contributed by atoms with Gasteiger partial charge in [-0.1, -0.05) is 54.4 Å². The first kappa shape index (κ1) is 22.9. The summed E-state index contributed by atoms with van der Waals surface area (Å²) in [7, 11) is 4.56. The third-order valence-corrected chi connectivity index (χ3v) is 4.51. The molecule has 0 aliphatic rings. The molecule has 2 heteroatoms. The Labute approximate surface area is 148 Å². The quantitative estimate of drug-likeness (QED) is 0.426. The standard InChI is InChI=1S/C21H46N2/c1-20(2,3)14-9-11-16-22(7)18-13-19-23(8)17-12-10-15-21(4,5)6/h9-19H2,1-8H3. The molecule has 0 aromatic rings. The van der Waals surface area contributed by atoms with Gasteiger partial charge >= 0.3 is 0 Å². The Hall–Kier alpha value is -0.0800. The fraction of sp³-hybridized carbons (Fsp3) is 1.00. The summed E-state index contributed by atoms with van der Waals surface area (Å²) in [5.41, 5.74) is 0.989. The molecule has 0 unspecified atom stereocenters. The van der Waals surface area contributed by atoms with E-state index in [9.17, 15) is 0 Å². The number of nitrogens with zero attached hydrogens (tertiary/aromatic N) is 2. The minimum Gasteiger partial charge on any atom is -0.306 e. The first-order chi connectivity index (χ1) is 10.5. The van der Waals surface area contributed by atoms with Crippen LogP contribution in [0.2, 0.25) is 0 Å². The molecule has 0 atom stereocenters. The van der Waals surface area contributed by atoms with Crippen molar-refractivity contribution in [3.63, 3.8) is 0 Å². The lowest BCUT2D eigenvalue weighted by Gasteiger charge is -2.22. The summed E-state index contributed by atoms with van der Waals surface area (Å²) in [6.07, 6.45) is 9.40. The third kappa shape index (κ3) is 18.1. The van der Waals surface area contributed by atoms with E-state index in [-0.39, 0.29) is 0 Å². The number of rotatable bonds is 12. The molecule has 2 nitrogen and oxygen atoms in total. The zero-order valence-electron chi connectivity index (χ0n) is 17.7. The van der Waals surface area contributed by atoms with Crippen LogP contribution in [0.25, 0.3) is 0 Å². The second-order valence-electron chi connectivity index (χ2n) is 10.00. The number of hydrogen-bond donors (Lipinski definition) is 0. The molecule has 0 aromatic carbocycles. The predicted molar refractivity (Wildman–Crippen MR) is 106 cm³/mol. The van der Waals surface area contributed by atoms with Crippen molar-refractivity contribution in [3.8, 4) is 0 Å². The highest BCUT2D eigenvalue weighted by Crippen LogP contribution is 2.22. The third-order valence-electron chi connectivity index (χ3n) is 4.51. The summed E-state index contributed by atoms with van der Waals surface area (Å²) >= 11 is 0. The van der Waals surface area contributed by atoms with Gasteiger partial charge in [-0.15, -0.1) is 0 Å². The van der Waals surface area contributed by atoms with Crippen LogP contribution in [0.1, 0.15) is 86.5 Å². The maximum atomic E-state index is 2.51. The van der Waals surface area contributed by atoms with Crippen molar-refractivity contribution in [2.24, 2.45) is 10.8 Å². The van der Waals surface area contributed by atoms with Crippen molar-refractivity contribution in [1.29, 1.82) is 0 Å². The van der Waals surface area contributed by atoms with Crippen LogP contribution in [0.3, 0.4) is 0 Å². The summed E-state index contributed by atoms with van der Waals surface area (Å²) in [5, 5.41) is 0. The second-order valence-corrected chi connectivity index (χ2v) is 10.00. The van der Waals surface area contributed by atoms with Gasteiger partial charge in [0.05, 0.1) is 0 Å². The highest BCUT2D eigenvalue weighted by molar-refractivity contribution is 4.64. The first-order valence-corrected chi connectivity index (χ1v) is 9.87. The van der Waals surface area contributed by atoms with Crippen LogP contribution < -0.4 is 0 Å². The van der Waals surface area contributed by atoms with Crippen molar-refractivity contribution >= 4 is 0 Å². The first-order valence-electron chi connectivity index (χ1n) is 9.87. The summed E-state index contributed by atoms with van der Waals surface area (Å²) < 4.78 is 0. The van der Waals surface area contributed by atoms with Gasteiger partial charge in [-0.2, -0.15) is 0 Å². The lowest BCUT2D eigenvalue weighted by Crippen LogP contribution is -2.27. The molecule has 0 saturated carbocycles. The largest absolute Gasteiger partial charge is 0.306 e. The summed E-state index contributed by atoms with van der Waals surface area (Å²) in [6.45, 7) is 19.0. The average molecular weight is 327 g/mol. The van der Waals surface area contributed by atoms with E-state index in [2.05, 4.69) is 65.4 Å². The maximum absolute atomic E-state index is 2.51. The Bertz CT molecular complexity index is 245. The van der Waals surface area contributed by atoms with Gasteiger partial charge in [-0.3, -0.25) is 0 Å². The van der Waals surface area contributed by atoms with E-state index >= 15 is 0 Å². The minimum atomic E-state index is 0.494. The van der Waals surface area contributed by atoms with E-state index in [1.807, 2.05) is 0 Å². The molecule has 0 rings (SSSR count). The minimum absolute atomic E-state index is 0.494. The van der Waals surface area contributed by atoms with E-state index < -0.39 is 0 Å². The van der Waals surface area contributed by atoms with Crippen molar-refractivity contribution in [1.82, 2.24) is 9.80 Å². The molecule has 0 fully saturated rings. The van der Waals surface area contributed by atoms with Gasteiger partial charge in [0.25, 0.3) is 0 Å². The van der Waals surface area contributed by atoms with Crippen molar-refractivity contribution in [2.75, 3.05) is 40.3 Å². The van der Waals surface area contributed by atoms with Crippen molar-refractivity contribution < 1.29 is 0 Å². The van der Waals surface area contributed by atoms with Gasteiger partial charge in [0, 0.05) is 0 Å². The maximum Gasteiger partial charge on any atom is -0.000960 e. The molecule has 0 amide bonds. The number of hydrogen-bond acceptors (Lipinski definition) is 2. The van der Waals surface area contributed by atoms with Gasteiger partial charge in [-0.05, 0) is 83.2 Å². The molecule has 0 aliphatic heterocycles. The molecular formula is C21H46N2. The Morgan fingerprint density at radius 3 is 1.09 bits per heavy atom. The zero-order valence-corrected chi connectivity index (χ0v) is 17.7. The van der Waals surface area contributed by atoms with Crippen LogP contribution in [-0.2, 0) is 0 Å². The smallest absolute Gasteiger partial charge is 0.000960 e. The Balaban J connectivity index is 3.50. The van der Waals surface area contributed by atoms with E-state index in [1.165, 1.54) is 71.1 Å². The fourth-order valence-electron chi connectivity index (χ4n) is 2.91. The van der Waals surface area contributed by atoms with Crippen LogP contribution in [0, 0.1) is 10.8 Å². The molecule has 140 valence electrons. The average Bonchev–Trinajstić information content (AvgIpc) is 2.38. The van der Waals surface area contributed by atoms with Gasteiger partial charge in [-0.25, -0.2) is 0 Å². The molecular weight excluding hydrogens is 280 g/mol. The lowest BCUT2D eigenvalue weighted by atomic mass is 9.90. The molecule has 0 aliphatic carbocycles.